The molecule has 6 rings (SSSR count). The van der Waals surface area contributed by atoms with Gasteiger partial charge in [-0.05, 0) is 54.3 Å². The lowest BCUT2D eigenvalue weighted by molar-refractivity contribution is -0.128. The summed E-state index contributed by atoms with van der Waals surface area (Å²) in [6.45, 7) is 1.24. The first kappa shape index (κ1) is 25.4. The zero-order valence-corrected chi connectivity index (χ0v) is 22.0. The SMILES string of the molecule is COc1cc(/C=C/C(=O)N2CCC[C@@H](Oc3ncnc4[nH]cc(-c5ccc6c(c5)OCO6)c34)C2)cc(OC)c1O. The molecule has 1 fully saturated rings. The van der Waals surface area contributed by atoms with E-state index in [2.05, 4.69) is 15.0 Å². The van der Waals surface area contributed by atoms with E-state index in [0.717, 1.165) is 29.4 Å². The summed E-state index contributed by atoms with van der Waals surface area (Å²) in [5, 5.41) is 10.9. The lowest BCUT2D eigenvalue weighted by atomic mass is 10.1. The number of carbonyl (C=O) groups excluding carboxylic acids is 1. The predicted molar refractivity (Wildman–Crippen MR) is 146 cm³/mol. The smallest absolute Gasteiger partial charge is 0.246 e. The van der Waals surface area contributed by atoms with Crippen molar-refractivity contribution >= 4 is 23.0 Å². The number of phenolic OH excluding ortho intramolecular Hbond substituents is 1. The molecule has 0 radical (unpaired) electrons. The number of benzene rings is 2. The van der Waals surface area contributed by atoms with E-state index in [1.165, 1.54) is 26.6 Å². The van der Waals surface area contributed by atoms with Gasteiger partial charge in [-0.3, -0.25) is 4.79 Å². The summed E-state index contributed by atoms with van der Waals surface area (Å²) in [5.41, 5.74) is 3.12. The van der Waals surface area contributed by atoms with Crippen LogP contribution in [0.3, 0.4) is 0 Å². The summed E-state index contributed by atoms with van der Waals surface area (Å²) in [6.07, 6.45) is 7.85. The molecule has 11 nitrogen and oxygen atoms in total. The number of likely N-dealkylation sites (tertiary alicyclic amines) is 1. The van der Waals surface area contributed by atoms with Gasteiger partial charge in [-0.15, -0.1) is 0 Å². The second kappa shape index (κ2) is 10.7. The number of piperidine rings is 1. The number of ether oxygens (including phenoxy) is 5. The van der Waals surface area contributed by atoms with E-state index in [9.17, 15) is 9.90 Å². The van der Waals surface area contributed by atoms with E-state index < -0.39 is 0 Å². The Labute approximate surface area is 229 Å². The highest BCUT2D eigenvalue weighted by atomic mass is 16.7. The molecule has 4 heterocycles. The van der Waals surface area contributed by atoms with Crippen LogP contribution in [0.4, 0.5) is 0 Å². The van der Waals surface area contributed by atoms with E-state index in [-0.39, 0.29) is 36.1 Å². The largest absolute Gasteiger partial charge is 0.502 e. The van der Waals surface area contributed by atoms with Gasteiger partial charge in [0.15, 0.2) is 23.0 Å². The maximum absolute atomic E-state index is 13.1. The second-order valence-corrected chi connectivity index (χ2v) is 9.45. The molecule has 2 aromatic heterocycles. The minimum Gasteiger partial charge on any atom is -0.502 e. The van der Waals surface area contributed by atoms with E-state index in [0.29, 0.717) is 41.7 Å². The number of nitrogens with one attached hydrogen (secondary N) is 1. The summed E-state index contributed by atoms with van der Waals surface area (Å²) in [5.74, 6) is 2.14. The summed E-state index contributed by atoms with van der Waals surface area (Å²) in [4.78, 5) is 26.8. The first-order valence-corrected chi connectivity index (χ1v) is 12.8. The van der Waals surface area contributed by atoms with Gasteiger partial charge in [0.25, 0.3) is 0 Å². The number of carbonyl (C=O) groups is 1. The van der Waals surface area contributed by atoms with Gasteiger partial charge in [0.1, 0.15) is 18.1 Å². The minimum absolute atomic E-state index is 0.0903. The number of methoxy groups -OCH3 is 2. The van der Waals surface area contributed by atoms with Crippen LogP contribution in [0.1, 0.15) is 18.4 Å². The van der Waals surface area contributed by atoms with Crippen molar-refractivity contribution in [3.8, 4) is 45.8 Å². The van der Waals surface area contributed by atoms with Gasteiger partial charge in [-0.1, -0.05) is 6.07 Å². The van der Waals surface area contributed by atoms with Crippen LogP contribution in [0, 0.1) is 0 Å². The second-order valence-electron chi connectivity index (χ2n) is 9.45. The molecule has 11 heteroatoms. The highest BCUT2D eigenvalue weighted by Gasteiger charge is 2.26. The third-order valence-electron chi connectivity index (χ3n) is 7.01. The van der Waals surface area contributed by atoms with Crippen LogP contribution in [0.25, 0.3) is 28.2 Å². The van der Waals surface area contributed by atoms with Crippen LogP contribution in [-0.2, 0) is 4.79 Å². The zero-order valence-electron chi connectivity index (χ0n) is 22.0. The molecule has 1 atom stereocenters. The number of rotatable bonds is 7. The van der Waals surface area contributed by atoms with E-state index in [1.807, 2.05) is 24.4 Å². The molecule has 2 aromatic carbocycles. The molecule has 0 bridgehead atoms. The normalized spacial score (nSPS) is 16.4. The summed E-state index contributed by atoms with van der Waals surface area (Å²) in [6, 6.07) is 9.04. The van der Waals surface area contributed by atoms with Crippen molar-refractivity contribution in [3.63, 3.8) is 0 Å². The molecule has 0 spiro atoms. The number of aromatic amines is 1. The topological polar surface area (TPSA) is 128 Å². The van der Waals surface area contributed by atoms with Gasteiger partial charge in [0.2, 0.25) is 24.3 Å². The fourth-order valence-electron chi connectivity index (χ4n) is 4.99. The predicted octanol–water partition coefficient (Wildman–Crippen LogP) is 4.16. The van der Waals surface area contributed by atoms with Crippen molar-refractivity contribution < 1.29 is 33.6 Å². The number of amides is 1. The summed E-state index contributed by atoms with van der Waals surface area (Å²) >= 11 is 0. The van der Waals surface area contributed by atoms with Crippen LogP contribution in [0.5, 0.6) is 34.6 Å². The lowest BCUT2D eigenvalue weighted by Crippen LogP contribution is -2.43. The van der Waals surface area contributed by atoms with Gasteiger partial charge in [0, 0.05) is 24.4 Å². The van der Waals surface area contributed by atoms with E-state index in [1.54, 1.807) is 23.1 Å². The van der Waals surface area contributed by atoms with E-state index >= 15 is 0 Å². The number of aromatic hydroxyl groups is 1. The Morgan fingerprint density at radius 2 is 1.93 bits per heavy atom. The Balaban J connectivity index is 1.19. The van der Waals surface area contributed by atoms with Gasteiger partial charge >= 0.3 is 0 Å². The zero-order chi connectivity index (χ0) is 27.6. The van der Waals surface area contributed by atoms with Crippen molar-refractivity contribution in [3.05, 3.63) is 54.5 Å². The Bertz CT molecular complexity index is 1570. The molecular formula is C29H28N4O7. The number of fused-ring (bicyclic) bond motifs is 2. The van der Waals surface area contributed by atoms with Crippen molar-refractivity contribution in [1.82, 2.24) is 19.9 Å². The van der Waals surface area contributed by atoms with Crippen LogP contribution >= 0.6 is 0 Å². The van der Waals surface area contributed by atoms with Crippen molar-refractivity contribution in [2.45, 2.75) is 18.9 Å². The van der Waals surface area contributed by atoms with Crippen LogP contribution in [0.15, 0.2) is 48.9 Å². The van der Waals surface area contributed by atoms with E-state index in [4.69, 9.17) is 23.7 Å². The first-order chi connectivity index (χ1) is 19.5. The summed E-state index contributed by atoms with van der Waals surface area (Å²) < 4.78 is 27.8. The number of phenols is 1. The maximum atomic E-state index is 13.1. The summed E-state index contributed by atoms with van der Waals surface area (Å²) in [7, 11) is 2.91. The standard InChI is InChI=1S/C29H28N4O7/c1-36-23-10-17(11-24(37-2)27(23)35)5-8-25(34)33-9-3-4-19(14-33)40-29-26-20(13-30-28(26)31-15-32-29)18-6-7-21-22(12-18)39-16-38-21/h5-8,10-13,15,19,35H,3-4,9,14,16H2,1-2H3,(H,30,31,32)/b8-5+/t19-/m1/s1. The number of hydrogen-bond donors (Lipinski definition) is 2. The Hall–Kier alpha value is -4.93. The third kappa shape index (κ3) is 4.81. The average molecular weight is 545 g/mol. The molecule has 0 saturated carbocycles. The molecule has 2 aliphatic rings. The average Bonchev–Trinajstić information content (AvgIpc) is 3.64. The van der Waals surface area contributed by atoms with Gasteiger partial charge in [-0.25, -0.2) is 9.97 Å². The van der Waals surface area contributed by atoms with Crippen LogP contribution in [-0.4, -0.2) is 71.1 Å². The third-order valence-corrected chi connectivity index (χ3v) is 7.01. The molecule has 1 saturated heterocycles. The fraction of sp³-hybridized carbons (Fsp3) is 0.276. The molecule has 2 N–H and O–H groups in total. The molecule has 2 aliphatic heterocycles. The van der Waals surface area contributed by atoms with Crippen LogP contribution in [0.2, 0.25) is 0 Å². The van der Waals surface area contributed by atoms with Crippen molar-refractivity contribution in [2.75, 3.05) is 34.1 Å². The Morgan fingerprint density at radius 1 is 1.12 bits per heavy atom. The fourth-order valence-corrected chi connectivity index (χ4v) is 4.99. The molecule has 4 aromatic rings. The molecular weight excluding hydrogens is 516 g/mol. The molecule has 206 valence electrons. The number of nitrogens with zero attached hydrogens (tertiary/aromatic N) is 3. The van der Waals surface area contributed by atoms with Gasteiger partial charge in [-0.2, -0.15) is 0 Å². The first-order valence-electron chi connectivity index (χ1n) is 12.8. The maximum Gasteiger partial charge on any atom is 0.246 e. The quantitative estimate of drug-likeness (QED) is 0.330. The number of hydrogen-bond acceptors (Lipinski definition) is 9. The minimum atomic E-state index is -0.238. The Kier molecular flexibility index (Phi) is 6.77. The Morgan fingerprint density at radius 3 is 2.73 bits per heavy atom. The number of aromatic nitrogens is 3. The lowest BCUT2D eigenvalue weighted by Gasteiger charge is -2.32. The number of H-pyrrole nitrogens is 1. The monoisotopic (exact) mass is 544 g/mol. The van der Waals surface area contributed by atoms with Crippen molar-refractivity contribution in [1.29, 1.82) is 0 Å². The highest BCUT2D eigenvalue weighted by molar-refractivity contribution is 5.97. The molecule has 0 aliphatic carbocycles. The molecule has 0 unspecified atom stereocenters. The van der Waals surface area contributed by atoms with Gasteiger partial charge < -0.3 is 38.7 Å². The van der Waals surface area contributed by atoms with Crippen LogP contribution < -0.4 is 23.7 Å². The highest BCUT2D eigenvalue weighted by Crippen LogP contribution is 2.40. The molecule has 1 amide bonds. The van der Waals surface area contributed by atoms with Crippen molar-refractivity contribution in [2.24, 2.45) is 0 Å². The van der Waals surface area contributed by atoms with Gasteiger partial charge in [0.05, 0.1) is 26.2 Å². The molecule has 40 heavy (non-hydrogen) atoms.